The Labute approximate surface area is 121 Å². The maximum absolute atomic E-state index is 10.7. The normalized spacial score (nSPS) is 16.6. The second kappa shape index (κ2) is 5.98. The third-order valence-electron chi connectivity index (χ3n) is 3.64. The lowest BCUT2D eigenvalue weighted by Gasteiger charge is -2.27. The first-order valence-electron chi connectivity index (χ1n) is 6.36. The standard InChI is InChI=1S/C13H18BrN3O2/c1-16(13(7-15)9-2-3-9)8-10-4-5-11(17(18)19)6-12(10)14/h4-6,9,13H,2-3,7-8,15H2,1H3. The Bertz CT molecular complexity index is 477. The van der Waals surface area contributed by atoms with E-state index in [0.717, 1.165) is 16.6 Å². The van der Waals surface area contributed by atoms with Crippen LogP contribution in [0.5, 0.6) is 0 Å². The van der Waals surface area contributed by atoms with E-state index in [1.54, 1.807) is 18.2 Å². The third kappa shape index (κ3) is 3.52. The molecule has 0 radical (unpaired) electrons. The molecular formula is C13H18BrN3O2. The Morgan fingerprint density at radius 3 is 2.74 bits per heavy atom. The molecule has 0 aliphatic heterocycles. The van der Waals surface area contributed by atoms with Gasteiger partial charge in [0, 0.05) is 35.7 Å². The van der Waals surface area contributed by atoms with Crippen molar-refractivity contribution in [1.82, 2.24) is 4.90 Å². The molecule has 19 heavy (non-hydrogen) atoms. The molecule has 1 saturated carbocycles. The Balaban J connectivity index is 2.07. The van der Waals surface area contributed by atoms with Gasteiger partial charge in [0.25, 0.3) is 5.69 Å². The van der Waals surface area contributed by atoms with E-state index in [1.165, 1.54) is 12.8 Å². The number of nitro benzene ring substituents is 1. The number of nitro groups is 1. The average molecular weight is 328 g/mol. The zero-order valence-electron chi connectivity index (χ0n) is 10.9. The molecule has 0 amide bonds. The van der Waals surface area contributed by atoms with Crippen LogP contribution in [0.25, 0.3) is 0 Å². The Kier molecular flexibility index (Phi) is 4.54. The van der Waals surface area contributed by atoms with E-state index in [4.69, 9.17) is 5.73 Å². The number of benzene rings is 1. The average Bonchev–Trinajstić information content (AvgIpc) is 3.17. The summed E-state index contributed by atoms with van der Waals surface area (Å²) in [5, 5.41) is 10.7. The summed E-state index contributed by atoms with van der Waals surface area (Å²) in [5.41, 5.74) is 6.98. The number of nitrogens with two attached hydrogens (primary N) is 1. The molecule has 1 aromatic carbocycles. The molecule has 1 aromatic rings. The SMILES string of the molecule is CN(Cc1ccc([N+](=O)[O-])cc1Br)C(CN)C1CC1. The van der Waals surface area contributed by atoms with Crippen LogP contribution < -0.4 is 5.73 Å². The molecule has 1 unspecified atom stereocenters. The van der Waals surface area contributed by atoms with Crippen LogP contribution >= 0.6 is 15.9 Å². The fraction of sp³-hybridized carbons (Fsp3) is 0.538. The van der Waals surface area contributed by atoms with Gasteiger partial charge in [-0.05, 0) is 37.4 Å². The number of rotatable bonds is 6. The van der Waals surface area contributed by atoms with Crippen molar-refractivity contribution >= 4 is 21.6 Å². The molecule has 0 spiro atoms. The lowest BCUT2D eigenvalue weighted by molar-refractivity contribution is -0.384. The molecule has 1 aliphatic rings. The van der Waals surface area contributed by atoms with Gasteiger partial charge in [-0.25, -0.2) is 0 Å². The molecule has 2 rings (SSSR count). The molecule has 0 bridgehead atoms. The number of hydrogen-bond donors (Lipinski definition) is 1. The summed E-state index contributed by atoms with van der Waals surface area (Å²) in [6, 6.07) is 5.31. The Hall–Kier alpha value is -0.980. The molecule has 2 N–H and O–H groups in total. The first-order valence-corrected chi connectivity index (χ1v) is 7.15. The molecule has 0 saturated heterocycles. The van der Waals surface area contributed by atoms with Gasteiger partial charge in [-0.3, -0.25) is 15.0 Å². The Morgan fingerprint density at radius 2 is 2.26 bits per heavy atom. The molecule has 0 aromatic heterocycles. The zero-order chi connectivity index (χ0) is 14.0. The van der Waals surface area contributed by atoms with Gasteiger partial charge in [0.05, 0.1) is 4.92 Å². The highest BCUT2D eigenvalue weighted by atomic mass is 79.9. The molecule has 6 heteroatoms. The highest BCUT2D eigenvalue weighted by Gasteiger charge is 2.32. The van der Waals surface area contributed by atoms with Crippen molar-refractivity contribution in [3.63, 3.8) is 0 Å². The van der Waals surface area contributed by atoms with E-state index in [9.17, 15) is 10.1 Å². The fourth-order valence-electron chi connectivity index (χ4n) is 2.38. The van der Waals surface area contributed by atoms with Crippen molar-refractivity contribution in [3.8, 4) is 0 Å². The molecular weight excluding hydrogens is 310 g/mol. The lowest BCUT2D eigenvalue weighted by Crippen LogP contribution is -2.39. The Morgan fingerprint density at radius 1 is 1.58 bits per heavy atom. The molecule has 1 aliphatic carbocycles. The summed E-state index contributed by atoms with van der Waals surface area (Å²) >= 11 is 3.41. The van der Waals surface area contributed by atoms with Crippen molar-refractivity contribution in [2.24, 2.45) is 11.7 Å². The second-order valence-corrected chi connectivity index (χ2v) is 5.94. The van der Waals surface area contributed by atoms with E-state index >= 15 is 0 Å². The third-order valence-corrected chi connectivity index (χ3v) is 4.38. The molecule has 104 valence electrons. The first kappa shape index (κ1) is 14.4. The maximum Gasteiger partial charge on any atom is 0.270 e. The minimum absolute atomic E-state index is 0.107. The van der Waals surface area contributed by atoms with Crippen LogP contribution in [0.15, 0.2) is 22.7 Å². The van der Waals surface area contributed by atoms with Crippen LogP contribution in [0, 0.1) is 16.0 Å². The fourth-order valence-corrected chi connectivity index (χ4v) is 2.87. The summed E-state index contributed by atoms with van der Waals surface area (Å²) in [7, 11) is 2.06. The van der Waals surface area contributed by atoms with Crippen LogP contribution in [0.4, 0.5) is 5.69 Å². The quantitative estimate of drug-likeness (QED) is 0.643. The summed E-state index contributed by atoms with van der Waals surface area (Å²) in [4.78, 5) is 12.6. The van der Waals surface area contributed by atoms with Crippen LogP contribution in [-0.2, 0) is 6.54 Å². The number of non-ortho nitro benzene ring substituents is 1. The predicted molar refractivity (Wildman–Crippen MR) is 77.8 cm³/mol. The predicted octanol–water partition coefficient (Wildman–Crippen LogP) is 2.53. The van der Waals surface area contributed by atoms with Crippen molar-refractivity contribution in [1.29, 1.82) is 0 Å². The van der Waals surface area contributed by atoms with E-state index in [-0.39, 0.29) is 10.6 Å². The number of halogens is 1. The topological polar surface area (TPSA) is 72.4 Å². The van der Waals surface area contributed by atoms with Gasteiger partial charge in [0.1, 0.15) is 0 Å². The molecule has 5 nitrogen and oxygen atoms in total. The van der Waals surface area contributed by atoms with Gasteiger partial charge in [-0.15, -0.1) is 0 Å². The van der Waals surface area contributed by atoms with Gasteiger partial charge in [0.2, 0.25) is 0 Å². The van der Waals surface area contributed by atoms with E-state index in [0.29, 0.717) is 18.5 Å². The van der Waals surface area contributed by atoms with E-state index in [2.05, 4.69) is 27.9 Å². The number of nitrogens with zero attached hydrogens (tertiary/aromatic N) is 2. The van der Waals surface area contributed by atoms with Crippen molar-refractivity contribution < 1.29 is 4.92 Å². The van der Waals surface area contributed by atoms with Crippen molar-refractivity contribution in [2.75, 3.05) is 13.6 Å². The zero-order valence-corrected chi connectivity index (χ0v) is 12.5. The number of hydrogen-bond acceptors (Lipinski definition) is 4. The van der Waals surface area contributed by atoms with E-state index < -0.39 is 0 Å². The summed E-state index contributed by atoms with van der Waals surface area (Å²) < 4.78 is 0.778. The minimum Gasteiger partial charge on any atom is -0.329 e. The molecule has 1 atom stereocenters. The number of likely N-dealkylation sites (N-methyl/N-ethyl adjacent to an activating group) is 1. The maximum atomic E-state index is 10.7. The van der Waals surface area contributed by atoms with Gasteiger partial charge in [-0.1, -0.05) is 15.9 Å². The summed E-state index contributed by atoms with van der Waals surface area (Å²) in [5.74, 6) is 0.715. The van der Waals surface area contributed by atoms with Crippen LogP contribution in [0.3, 0.4) is 0 Å². The van der Waals surface area contributed by atoms with Crippen molar-refractivity contribution in [3.05, 3.63) is 38.3 Å². The van der Waals surface area contributed by atoms with Crippen LogP contribution in [0.2, 0.25) is 0 Å². The van der Waals surface area contributed by atoms with Crippen molar-refractivity contribution in [2.45, 2.75) is 25.4 Å². The molecule has 1 fully saturated rings. The van der Waals surface area contributed by atoms with Crippen LogP contribution in [-0.4, -0.2) is 29.5 Å². The van der Waals surface area contributed by atoms with Gasteiger partial charge in [0.15, 0.2) is 0 Å². The minimum atomic E-state index is -0.384. The lowest BCUT2D eigenvalue weighted by atomic mass is 10.1. The van der Waals surface area contributed by atoms with Gasteiger partial charge >= 0.3 is 0 Å². The second-order valence-electron chi connectivity index (χ2n) is 5.09. The van der Waals surface area contributed by atoms with Gasteiger partial charge in [-0.2, -0.15) is 0 Å². The first-order chi connectivity index (χ1) is 9.02. The highest BCUT2D eigenvalue weighted by Crippen LogP contribution is 2.35. The monoisotopic (exact) mass is 327 g/mol. The highest BCUT2D eigenvalue weighted by molar-refractivity contribution is 9.10. The van der Waals surface area contributed by atoms with Crippen LogP contribution in [0.1, 0.15) is 18.4 Å². The molecule has 0 heterocycles. The largest absolute Gasteiger partial charge is 0.329 e. The smallest absolute Gasteiger partial charge is 0.270 e. The summed E-state index contributed by atoms with van der Waals surface area (Å²) in [6.07, 6.45) is 2.52. The summed E-state index contributed by atoms with van der Waals surface area (Å²) in [6.45, 7) is 1.41. The van der Waals surface area contributed by atoms with Gasteiger partial charge < -0.3 is 5.73 Å². The van der Waals surface area contributed by atoms with E-state index in [1.807, 2.05) is 0 Å².